The topological polar surface area (TPSA) is 71.1 Å². The fourth-order valence-corrected chi connectivity index (χ4v) is 5.44. The molecule has 0 fully saturated rings. The second-order valence-corrected chi connectivity index (χ2v) is 8.53. The summed E-state index contributed by atoms with van der Waals surface area (Å²) in [4.78, 5) is 5.27. The van der Waals surface area contributed by atoms with Gasteiger partial charge in [0.1, 0.15) is 4.90 Å². The summed E-state index contributed by atoms with van der Waals surface area (Å²) < 4.78 is 28.1. The molecule has 0 unspecified atom stereocenters. The Morgan fingerprint density at radius 3 is 2.81 bits per heavy atom. The maximum Gasteiger partial charge on any atom is 0.263 e. The van der Waals surface area contributed by atoms with Gasteiger partial charge in [-0.15, -0.1) is 11.3 Å². The summed E-state index contributed by atoms with van der Waals surface area (Å²) in [6, 6.07) is 5.01. The molecular formula is C13H16BrN3O2S2. The third-order valence-corrected chi connectivity index (χ3v) is 6.33. The van der Waals surface area contributed by atoms with Gasteiger partial charge in [-0.3, -0.25) is 9.71 Å². The van der Waals surface area contributed by atoms with Gasteiger partial charge in [0, 0.05) is 23.3 Å². The molecule has 0 saturated carbocycles. The molecular weight excluding hydrogens is 374 g/mol. The minimum Gasteiger partial charge on any atom is -0.312 e. The van der Waals surface area contributed by atoms with Crippen molar-refractivity contribution in [1.29, 1.82) is 0 Å². The summed E-state index contributed by atoms with van der Waals surface area (Å²) >= 11 is 4.75. The van der Waals surface area contributed by atoms with Crippen LogP contribution in [0.4, 0.5) is 5.69 Å². The van der Waals surface area contributed by atoms with Gasteiger partial charge in [-0.25, -0.2) is 8.42 Å². The smallest absolute Gasteiger partial charge is 0.263 e. The number of rotatable bonds is 6. The van der Waals surface area contributed by atoms with Crippen LogP contribution in [0, 0.1) is 6.92 Å². The highest BCUT2D eigenvalue weighted by Crippen LogP contribution is 2.32. The lowest BCUT2D eigenvalue weighted by Crippen LogP contribution is -2.13. The summed E-state index contributed by atoms with van der Waals surface area (Å²) in [6.07, 6.45) is 1.58. The van der Waals surface area contributed by atoms with E-state index in [0.29, 0.717) is 16.0 Å². The normalized spacial score (nSPS) is 11.6. The average molecular weight is 390 g/mol. The number of aryl methyl sites for hydroxylation is 1. The van der Waals surface area contributed by atoms with Crippen LogP contribution in [0.25, 0.3) is 0 Å². The van der Waals surface area contributed by atoms with Gasteiger partial charge in [0.25, 0.3) is 10.0 Å². The number of thiophene rings is 1. The van der Waals surface area contributed by atoms with Crippen molar-refractivity contribution in [2.75, 3.05) is 11.3 Å². The predicted molar refractivity (Wildman–Crippen MR) is 89.2 cm³/mol. The largest absolute Gasteiger partial charge is 0.312 e. The Hall–Kier alpha value is -0.960. The van der Waals surface area contributed by atoms with Crippen molar-refractivity contribution in [2.45, 2.75) is 25.3 Å². The van der Waals surface area contributed by atoms with Crippen LogP contribution in [0.15, 0.2) is 33.1 Å². The second kappa shape index (κ2) is 6.87. The molecule has 5 nitrogen and oxygen atoms in total. The molecule has 0 saturated heterocycles. The van der Waals surface area contributed by atoms with Crippen LogP contribution in [-0.4, -0.2) is 19.9 Å². The highest BCUT2D eigenvalue weighted by Gasteiger charge is 2.21. The molecule has 0 spiro atoms. The van der Waals surface area contributed by atoms with Crippen molar-refractivity contribution in [3.05, 3.63) is 38.8 Å². The molecule has 2 N–H and O–H groups in total. The standard InChI is InChI=1S/C13H16BrN3O2S2/c1-3-15-8-11-7-12(13(14)20-11)21(18,19)17-10-4-5-16-9(2)6-10/h4-7,15H,3,8H2,1-2H3,(H,16,17). The van der Waals surface area contributed by atoms with Crippen LogP contribution >= 0.6 is 27.3 Å². The Bertz CT molecular complexity index is 729. The van der Waals surface area contributed by atoms with Gasteiger partial charge in [-0.05, 0) is 47.6 Å². The molecule has 2 aromatic rings. The molecule has 2 rings (SSSR count). The number of anilines is 1. The van der Waals surface area contributed by atoms with Gasteiger partial charge >= 0.3 is 0 Å². The van der Waals surface area contributed by atoms with Gasteiger partial charge < -0.3 is 5.32 Å². The zero-order chi connectivity index (χ0) is 15.5. The number of sulfonamides is 1. The Kier molecular flexibility index (Phi) is 5.37. The first-order valence-corrected chi connectivity index (χ1v) is 9.46. The van der Waals surface area contributed by atoms with E-state index in [0.717, 1.165) is 17.1 Å². The van der Waals surface area contributed by atoms with Crippen LogP contribution in [0.2, 0.25) is 0 Å². The quantitative estimate of drug-likeness (QED) is 0.795. The van der Waals surface area contributed by atoms with Crippen LogP contribution in [0.5, 0.6) is 0 Å². The maximum atomic E-state index is 12.4. The third kappa shape index (κ3) is 4.26. The summed E-state index contributed by atoms with van der Waals surface area (Å²) in [6.45, 7) is 5.32. The van der Waals surface area contributed by atoms with Crippen LogP contribution < -0.4 is 10.0 Å². The van der Waals surface area contributed by atoms with E-state index >= 15 is 0 Å². The number of halogens is 1. The molecule has 2 aromatic heterocycles. The zero-order valence-corrected chi connectivity index (χ0v) is 14.9. The molecule has 2 heterocycles. The zero-order valence-electron chi connectivity index (χ0n) is 11.7. The summed E-state index contributed by atoms with van der Waals surface area (Å²) in [5.41, 5.74) is 1.27. The monoisotopic (exact) mass is 389 g/mol. The van der Waals surface area contributed by atoms with E-state index in [1.165, 1.54) is 11.3 Å². The van der Waals surface area contributed by atoms with Gasteiger partial charge in [0.2, 0.25) is 0 Å². The van der Waals surface area contributed by atoms with E-state index in [1.807, 2.05) is 13.8 Å². The van der Waals surface area contributed by atoms with Gasteiger partial charge in [0.05, 0.1) is 9.47 Å². The number of pyridine rings is 1. The molecule has 0 aliphatic heterocycles. The molecule has 0 aliphatic carbocycles. The SMILES string of the molecule is CCNCc1cc(S(=O)(=O)Nc2ccnc(C)c2)c(Br)s1. The first-order valence-electron chi connectivity index (χ1n) is 6.37. The first kappa shape index (κ1) is 16.4. The average Bonchev–Trinajstić information content (AvgIpc) is 2.78. The lowest BCUT2D eigenvalue weighted by molar-refractivity contribution is 0.601. The lowest BCUT2D eigenvalue weighted by Gasteiger charge is -2.07. The molecule has 0 aromatic carbocycles. The van der Waals surface area contributed by atoms with Gasteiger partial charge in [-0.2, -0.15) is 0 Å². The number of hydrogen-bond donors (Lipinski definition) is 2. The number of hydrogen-bond acceptors (Lipinski definition) is 5. The molecule has 0 bridgehead atoms. The second-order valence-electron chi connectivity index (χ2n) is 4.42. The Balaban J connectivity index is 2.25. The van der Waals surface area contributed by atoms with E-state index in [1.54, 1.807) is 24.4 Å². The molecule has 0 amide bonds. The van der Waals surface area contributed by atoms with Crippen molar-refractivity contribution >= 4 is 43.0 Å². The van der Waals surface area contributed by atoms with E-state index in [-0.39, 0.29) is 4.90 Å². The minimum absolute atomic E-state index is 0.259. The highest BCUT2D eigenvalue weighted by atomic mass is 79.9. The summed E-state index contributed by atoms with van der Waals surface area (Å²) in [5.74, 6) is 0. The van der Waals surface area contributed by atoms with Crippen molar-refractivity contribution in [3.8, 4) is 0 Å². The fourth-order valence-electron chi connectivity index (χ4n) is 1.74. The minimum atomic E-state index is -3.61. The fraction of sp³-hybridized carbons (Fsp3) is 0.308. The Morgan fingerprint density at radius 2 is 2.14 bits per heavy atom. The Labute approximate surface area is 137 Å². The van der Waals surface area contributed by atoms with Crippen molar-refractivity contribution in [2.24, 2.45) is 0 Å². The van der Waals surface area contributed by atoms with Gasteiger partial charge in [-0.1, -0.05) is 6.92 Å². The van der Waals surface area contributed by atoms with Crippen LogP contribution in [0.1, 0.15) is 17.5 Å². The molecule has 0 radical (unpaired) electrons. The maximum absolute atomic E-state index is 12.4. The van der Waals surface area contributed by atoms with E-state index < -0.39 is 10.0 Å². The van der Waals surface area contributed by atoms with Gasteiger partial charge in [0.15, 0.2) is 0 Å². The van der Waals surface area contributed by atoms with Crippen molar-refractivity contribution in [3.63, 3.8) is 0 Å². The molecule has 0 aliphatic rings. The molecule has 21 heavy (non-hydrogen) atoms. The molecule has 114 valence electrons. The Morgan fingerprint density at radius 1 is 1.38 bits per heavy atom. The van der Waals surface area contributed by atoms with E-state index in [9.17, 15) is 8.42 Å². The summed E-state index contributed by atoms with van der Waals surface area (Å²) in [5, 5.41) is 3.18. The van der Waals surface area contributed by atoms with Crippen molar-refractivity contribution in [1.82, 2.24) is 10.3 Å². The number of nitrogens with zero attached hydrogens (tertiary/aromatic N) is 1. The van der Waals surface area contributed by atoms with Crippen LogP contribution in [0.3, 0.4) is 0 Å². The number of aromatic nitrogens is 1. The third-order valence-electron chi connectivity index (χ3n) is 2.69. The van der Waals surface area contributed by atoms with E-state index in [4.69, 9.17) is 0 Å². The number of nitrogens with one attached hydrogen (secondary N) is 2. The van der Waals surface area contributed by atoms with Crippen molar-refractivity contribution < 1.29 is 8.42 Å². The molecule has 8 heteroatoms. The van der Waals surface area contributed by atoms with E-state index in [2.05, 4.69) is 31.0 Å². The molecule has 0 atom stereocenters. The summed E-state index contributed by atoms with van der Waals surface area (Å²) in [7, 11) is -3.61. The van der Waals surface area contributed by atoms with Crippen LogP contribution in [-0.2, 0) is 16.6 Å². The lowest BCUT2D eigenvalue weighted by atomic mass is 10.3. The first-order chi connectivity index (χ1) is 9.92. The predicted octanol–water partition coefficient (Wildman–Crippen LogP) is 3.12. The highest BCUT2D eigenvalue weighted by molar-refractivity contribution is 9.11.